The summed E-state index contributed by atoms with van der Waals surface area (Å²) in [5, 5.41) is 9.11. The Morgan fingerprint density at radius 3 is 1.43 bits per heavy atom. The molecule has 46 heavy (non-hydrogen) atoms. The van der Waals surface area contributed by atoms with E-state index in [1.165, 1.54) is 10.8 Å². The van der Waals surface area contributed by atoms with E-state index < -0.39 is 0 Å². The van der Waals surface area contributed by atoms with Gasteiger partial charge >= 0.3 is 0 Å². The summed E-state index contributed by atoms with van der Waals surface area (Å²) in [6.45, 7) is 0. The summed E-state index contributed by atoms with van der Waals surface area (Å²) < 4.78 is 17.1. The number of benzene rings is 6. The van der Waals surface area contributed by atoms with Crippen molar-refractivity contribution in [3.8, 4) is 11.5 Å². The number of hydrogen-bond donors (Lipinski definition) is 0. The molecule has 5 heteroatoms. The van der Waals surface area contributed by atoms with Crippen molar-refractivity contribution in [3.63, 3.8) is 0 Å². The summed E-state index contributed by atoms with van der Waals surface area (Å²) in [6.07, 6.45) is 1.99. The Labute approximate surface area is 261 Å². The number of nitrogens with zero attached hydrogens (tertiary/aromatic N) is 3. The number of para-hydroxylation sites is 4. The van der Waals surface area contributed by atoms with E-state index in [1.807, 2.05) is 30.5 Å². The van der Waals surface area contributed by atoms with E-state index in [0.717, 1.165) is 88.2 Å². The minimum Gasteiger partial charge on any atom is -0.456 e. The molecule has 0 N–H and O–H groups in total. The summed E-state index contributed by atoms with van der Waals surface area (Å²) in [5.41, 5.74) is 9.07. The SMILES string of the molecule is c1ccc2c(c1)oc1cc3c4ccccc4n(-c4ccc(-n5c6ccccc6c6cc7oc8ccccc8c7cc65)nc4)c3cc12. The van der Waals surface area contributed by atoms with Gasteiger partial charge in [-0.2, -0.15) is 0 Å². The Balaban J connectivity index is 1.15. The molecule has 11 rings (SSSR count). The van der Waals surface area contributed by atoms with Crippen LogP contribution in [0.25, 0.3) is 99.0 Å². The van der Waals surface area contributed by atoms with Crippen LogP contribution in [0.5, 0.6) is 0 Å². The van der Waals surface area contributed by atoms with E-state index in [0.29, 0.717) is 0 Å². The van der Waals surface area contributed by atoms with Crippen molar-refractivity contribution in [1.29, 1.82) is 0 Å². The molecule has 5 aromatic heterocycles. The van der Waals surface area contributed by atoms with Crippen LogP contribution in [0.1, 0.15) is 0 Å². The van der Waals surface area contributed by atoms with Crippen molar-refractivity contribution in [1.82, 2.24) is 14.1 Å². The lowest BCUT2D eigenvalue weighted by Gasteiger charge is -2.11. The second kappa shape index (κ2) is 8.65. The predicted octanol–water partition coefficient (Wildman–Crippen LogP) is 11.1. The third-order valence-corrected chi connectivity index (χ3v) is 9.56. The molecule has 0 unspecified atom stereocenters. The average molecular weight is 590 g/mol. The number of pyridine rings is 1. The summed E-state index contributed by atoms with van der Waals surface area (Å²) in [5.74, 6) is 0.867. The molecule has 0 saturated heterocycles. The first-order chi connectivity index (χ1) is 22.8. The third-order valence-electron chi connectivity index (χ3n) is 9.56. The van der Waals surface area contributed by atoms with Gasteiger partial charge in [0.1, 0.15) is 28.1 Å². The number of aromatic nitrogens is 3. The predicted molar refractivity (Wildman–Crippen MR) is 187 cm³/mol. The van der Waals surface area contributed by atoms with E-state index in [9.17, 15) is 0 Å². The Bertz CT molecular complexity index is 2820. The highest BCUT2D eigenvalue weighted by Crippen LogP contribution is 2.40. The van der Waals surface area contributed by atoms with Crippen molar-refractivity contribution in [2.45, 2.75) is 0 Å². The summed E-state index contributed by atoms with van der Waals surface area (Å²) in [4.78, 5) is 5.12. The Hall–Kier alpha value is -6.33. The second-order valence-electron chi connectivity index (χ2n) is 12.0. The minimum atomic E-state index is 0.867. The molecule has 5 heterocycles. The molecule has 0 bridgehead atoms. The molecule has 0 aliphatic carbocycles. The maximum Gasteiger partial charge on any atom is 0.137 e. The Morgan fingerprint density at radius 1 is 0.370 bits per heavy atom. The monoisotopic (exact) mass is 589 g/mol. The Morgan fingerprint density at radius 2 is 0.870 bits per heavy atom. The quantitative estimate of drug-likeness (QED) is 0.202. The van der Waals surface area contributed by atoms with Crippen LogP contribution in [0.4, 0.5) is 0 Å². The number of rotatable bonds is 2. The van der Waals surface area contributed by atoms with Crippen LogP contribution in [0.15, 0.2) is 148 Å². The van der Waals surface area contributed by atoms with Crippen molar-refractivity contribution in [3.05, 3.63) is 140 Å². The second-order valence-corrected chi connectivity index (χ2v) is 12.0. The van der Waals surface area contributed by atoms with E-state index >= 15 is 0 Å². The summed E-state index contributed by atoms with van der Waals surface area (Å²) >= 11 is 0. The standard InChI is InChI=1S/C41H23N3O2/c1-5-13-33-25(9-1)29-21-39-31(27-11-3-7-15-37(27)45-39)19-35(29)43(33)24-17-18-41(42-23-24)44-34-14-6-2-10-26(34)30-22-40-32(20-36(30)44)28-12-4-8-16-38(28)46-40/h1-23H. The van der Waals surface area contributed by atoms with Gasteiger partial charge in [0, 0.05) is 43.1 Å². The van der Waals surface area contributed by atoms with E-state index in [4.69, 9.17) is 13.8 Å². The van der Waals surface area contributed by atoms with Crippen LogP contribution < -0.4 is 0 Å². The normalized spacial score (nSPS) is 12.3. The van der Waals surface area contributed by atoms with Gasteiger partial charge in [-0.05, 0) is 60.7 Å². The molecular formula is C41H23N3O2. The summed E-state index contributed by atoms with van der Waals surface area (Å²) in [6, 6.07) is 46.7. The van der Waals surface area contributed by atoms with Gasteiger partial charge in [-0.15, -0.1) is 0 Å². The maximum atomic E-state index is 6.27. The lowest BCUT2D eigenvalue weighted by atomic mass is 10.1. The van der Waals surface area contributed by atoms with Gasteiger partial charge in [0.05, 0.1) is 34.0 Å². The van der Waals surface area contributed by atoms with Crippen LogP contribution in [0.2, 0.25) is 0 Å². The highest BCUT2D eigenvalue weighted by molar-refractivity contribution is 6.18. The zero-order chi connectivity index (χ0) is 29.9. The van der Waals surface area contributed by atoms with Crippen molar-refractivity contribution in [2.24, 2.45) is 0 Å². The van der Waals surface area contributed by atoms with E-state index in [-0.39, 0.29) is 0 Å². The molecule has 0 radical (unpaired) electrons. The molecule has 6 aromatic carbocycles. The molecule has 5 nitrogen and oxygen atoms in total. The van der Waals surface area contributed by atoms with Gasteiger partial charge in [0.2, 0.25) is 0 Å². The maximum absolute atomic E-state index is 6.27. The molecule has 0 aliphatic rings. The zero-order valence-electron chi connectivity index (χ0n) is 24.4. The topological polar surface area (TPSA) is 49.0 Å². The van der Waals surface area contributed by atoms with Gasteiger partial charge < -0.3 is 13.4 Å². The molecule has 0 atom stereocenters. The zero-order valence-corrected chi connectivity index (χ0v) is 24.4. The van der Waals surface area contributed by atoms with Crippen LogP contribution in [0.3, 0.4) is 0 Å². The van der Waals surface area contributed by atoms with Gasteiger partial charge in [0.15, 0.2) is 0 Å². The van der Waals surface area contributed by atoms with Crippen molar-refractivity contribution in [2.75, 3.05) is 0 Å². The van der Waals surface area contributed by atoms with Crippen LogP contribution in [-0.4, -0.2) is 14.1 Å². The van der Waals surface area contributed by atoms with Gasteiger partial charge in [0.25, 0.3) is 0 Å². The largest absolute Gasteiger partial charge is 0.456 e. The van der Waals surface area contributed by atoms with Gasteiger partial charge in [-0.25, -0.2) is 4.98 Å². The first-order valence-electron chi connectivity index (χ1n) is 15.5. The van der Waals surface area contributed by atoms with Crippen LogP contribution in [0, 0.1) is 0 Å². The van der Waals surface area contributed by atoms with Gasteiger partial charge in [-0.1, -0.05) is 72.8 Å². The molecule has 214 valence electrons. The van der Waals surface area contributed by atoms with Crippen molar-refractivity contribution >= 4 is 87.5 Å². The molecule has 0 aliphatic heterocycles. The minimum absolute atomic E-state index is 0.867. The molecule has 11 aromatic rings. The molecule has 0 amide bonds. The van der Waals surface area contributed by atoms with Gasteiger partial charge in [-0.3, -0.25) is 4.57 Å². The van der Waals surface area contributed by atoms with E-state index in [2.05, 4.69) is 118 Å². The molecule has 0 fully saturated rings. The first-order valence-corrected chi connectivity index (χ1v) is 15.5. The number of hydrogen-bond acceptors (Lipinski definition) is 3. The van der Waals surface area contributed by atoms with E-state index in [1.54, 1.807) is 0 Å². The third kappa shape index (κ3) is 3.11. The fourth-order valence-electron chi connectivity index (χ4n) is 7.54. The number of fused-ring (bicyclic) bond motifs is 12. The highest BCUT2D eigenvalue weighted by atomic mass is 16.3. The summed E-state index contributed by atoms with van der Waals surface area (Å²) in [7, 11) is 0. The van der Waals surface area contributed by atoms with Crippen LogP contribution in [-0.2, 0) is 0 Å². The fourth-order valence-corrected chi connectivity index (χ4v) is 7.54. The molecule has 0 saturated carbocycles. The Kier molecular flexibility index (Phi) is 4.52. The lowest BCUT2D eigenvalue weighted by molar-refractivity contribution is 0.669. The van der Waals surface area contributed by atoms with Crippen molar-refractivity contribution < 1.29 is 8.83 Å². The average Bonchev–Trinajstić information content (AvgIpc) is 3.84. The van der Waals surface area contributed by atoms with Crippen LogP contribution >= 0.6 is 0 Å². The number of furan rings is 2. The fraction of sp³-hybridized carbons (Fsp3) is 0. The molecular weight excluding hydrogens is 566 g/mol. The lowest BCUT2D eigenvalue weighted by Crippen LogP contribution is -2.00. The first kappa shape index (κ1) is 24.0. The highest BCUT2D eigenvalue weighted by Gasteiger charge is 2.19. The molecule has 0 spiro atoms. The smallest absolute Gasteiger partial charge is 0.137 e.